The van der Waals surface area contributed by atoms with Gasteiger partial charge >= 0.3 is 5.97 Å². The fourth-order valence-corrected chi connectivity index (χ4v) is 6.80. The minimum absolute atomic E-state index is 0.0299. The lowest BCUT2D eigenvalue weighted by Crippen LogP contribution is -2.34. The molecule has 1 aliphatic carbocycles. The highest BCUT2D eigenvalue weighted by molar-refractivity contribution is 6.18. The van der Waals surface area contributed by atoms with Crippen molar-refractivity contribution in [3.63, 3.8) is 0 Å². The van der Waals surface area contributed by atoms with Crippen molar-refractivity contribution in [2.24, 2.45) is 11.7 Å². The molecule has 1 atom stereocenters. The van der Waals surface area contributed by atoms with E-state index in [2.05, 4.69) is 62.4 Å². The van der Waals surface area contributed by atoms with E-state index in [9.17, 15) is 9.59 Å². The SMILES string of the molecule is Cc1ccc(C(=C2CCCC2C2=C(C(N)=O)C(=O)OC2(c2ccc(C)cc2)c2ccc(C)cc2)c2ccc(C)cc2)cc1. The lowest BCUT2D eigenvalue weighted by molar-refractivity contribution is -0.145. The number of amides is 1. The van der Waals surface area contributed by atoms with E-state index in [1.54, 1.807) is 0 Å². The number of hydrogen-bond acceptors (Lipinski definition) is 3. The normalized spacial score (nSPS) is 17.7. The molecule has 1 aliphatic heterocycles. The summed E-state index contributed by atoms with van der Waals surface area (Å²) in [6.07, 6.45) is 2.53. The van der Waals surface area contributed by atoms with Gasteiger partial charge in [-0.05, 0) is 63.7 Å². The molecule has 1 unspecified atom stereocenters. The van der Waals surface area contributed by atoms with Gasteiger partial charge in [-0.3, -0.25) is 4.79 Å². The third-order valence-corrected chi connectivity index (χ3v) is 8.97. The lowest BCUT2D eigenvalue weighted by Gasteiger charge is -2.36. The van der Waals surface area contributed by atoms with Gasteiger partial charge in [-0.25, -0.2) is 4.79 Å². The van der Waals surface area contributed by atoms with Crippen LogP contribution in [0.5, 0.6) is 0 Å². The van der Waals surface area contributed by atoms with E-state index in [-0.39, 0.29) is 11.5 Å². The van der Waals surface area contributed by atoms with Crippen molar-refractivity contribution in [2.45, 2.75) is 52.6 Å². The summed E-state index contributed by atoms with van der Waals surface area (Å²) < 4.78 is 6.43. The van der Waals surface area contributed by atoms with Gasteiger partial charge in [0.25, 0.3) is 5.91 Å². The summed E-state index contributed by atoms with van der Waals surface area (Å²) in [4.78, 5) is 27.0. The number of ether oxygens (including phenoxy) is 1. The topological polar surface area (TPSA) is 69.4 Å². The van der Waals surface area contributed by atoms with Crippen LogP contribution in [0.3, 0.4) is 0 Å². The zero-order chi connectivity index (χ0) is 30.3. The van der Waals surface area contributed by atoms with E-state index in [1.165, 1.54) is 16.7 Å². The van der Waals surface area contributed by atoms with E-state index in [0.717, 1.165) is 58.2 Å². The van der Waals surface area contributed by atoms with Crippen LogP contribution in [0.25, 0.3) is 5.57 Å². The van der Waals surface area contributed by atoms with E-state index >= 15 is 0 Å². The number of aryl methyl sites for hydroxylation is 4. The van der Waals surface area contributed by atoms with Crippen LogP contribution in [-0.2, 0) is 19.9 Å². The molecule has 2 aliphatic rings. The van der Waals surface area contributed by atoms with E-state index < -0.39 is 17.5 Å². The van der Waals surface area contributed by atoms with Crippen molar-refractivity contribution < 1.29 is 14.3 Å². The second-order valence-corrected chi connectivity index (χ2v) is 12.0. The molecular weight excluding hydrogens is 530 g/mol. The molecule has 1 fully saturated rings. The third-order valence-electron chi connectivity index (χ3n) is 8.97. The third kappa shape index (κ3) is 5.01. The molecule has 4 nitrogen and oxygen atoms in total. The minimum atomic E-state index is -1.28. The van der Waals surface area contributed by atoms with Crippen molar-refractivity contribution >= 4 is 17.4 Å². The van der Waals surface area contributed by atoms with Gasteiger partial charge in [-0.1, -0.05) is 125 Å². The van der Waals surface area contributed by atoms with Crippen LogP contribution in [0.15, 0.2) is 114 Å². The first-order valence-corrected chi connectivity index (χ1v) is 15.0. The maximum absolute atomic E-state index is 13.8. The number of esters is 1. The Hall–Kier alpha value is -4.70. The average molecular weight is 568 g/mol. The zero-order valence-corrected chi connectivity index (χ0v) is 25.2. The summed E-state index contributed by atoms with van der Waals surface area (Å²) in [5.41, 5.74) is 16.1. The van der Waals surface area contributed by atoms with Crippen molar-refractivity contribution in [3.8, 4) is 0 Å². The average Bonchev–Trinajstić information content (AvgIpc) is 3.58. The fraction of sp³-hybridized carbons (Fsp3) is 0.231. The molecule has 216 valence electrons. The molecule has 6 rings (SSSR count). The van der Waals surface area contributed by atoms with Crippen LogP contribution >= 0.6 is 0 Å². The first-order valence-electron chi connectivity index (χ1n) is 15.0. The van der Waals surface area contributed by atoms with Gasteiger partial charge in [0, 0.05) is 22.6 Å². The first-order chi connectivity index (χ1) is 20.7. The lowest BCUT2D eigenvalue weighted by atomic mass is 9.71. The Morgan fingerprint density at radius 1 is 0.698 bits per heavy atom. The van der Waals surface area contributed by atoms with Gasteiger partial charge in [0.05, 0.1) is 0 Å². The Morgan fingerprint density at radius 3 is 1.53 bits per heavy atom. The summed E-state index contributed by atoms with van der Waals surface area (Å²) in [5, 5.41) is 0. The maximum atomic E-state index is 13.8. The summed E-state index contributed by atoms with van der Waals surface area (Å²) >= 11 is 0. The maximum Gasteiger partial charge on any atom is 0.345 e. The molecule has 0 bridgehead atoms. The predicted octanol–water partition coefficient (Wildman–Crippen LogP) is 7.80. The van der Waals surface area contributed by atoms with E-state index in [4.69, 9.17) is 10.5 Å². The molecule has 4 aromatic rings. The van der Waals surface area contributed by atoms with Crippen LogP contribution in [0, 0.1) is 33.6 Å². The molecular formula is C39H37NO3. The quantitative estimate of drug-likeness (QED) is 0.191. The summed E-state index contributed by atoms with van der Waals surface area (Å²) in [5.74, 6) is -1.64. The Morgan fingerprint density at radius 2 is 1.12 bits per heavy atom. The van der Waals surface area contributed by atoms with Crippen LogP contribution in [0.2, 0.25) is 0 Å². The molecule has 1 heterocycles. The highest BCUT2D eigenvalue weighted by Gasteiger charge is 2.55. The van der Waals surface area contributed by atoms with Crippen LogP contribution in [0.1, 0.15) is 63.8 Å². The van der Waals surface area contributed by atoms with Gasteiger partial charge in [0.2, 0.25) is 0 Å². The van der Waals surface area contributed by atoms with Crippen LogP contribution in [0.4, 0.5) is 0 Å². The molecule has 1 saturated carbocycles. The molecule has 2 N–H and O–H groups in total. The summed E-state index contributed by atoms with van der Waals surface area (Å²) in [6.45, 7) is 8.23. The van der Waals surface area contributed by atoms with E-state index in [1.807, 2.05) is 62.4 Å². The monoisotopic (exact) mass is 567 g/mol. The number of allylic oxidation sites excluding steroid dienone is 1. The summed E-state index contributed by atoms with van der Waals surface area (Å²) in [7, 11) is 0. The second-order valence-electron chi connectivity index (χ2n) is 12.0. The Labute approximate surface area is 253 Å². The van der Waals surface area contributed by atoms with Gasteiger partial charge in [-0.15, -0.1) is 0 Å². The highest BCUT2D eigenvalue weighted by atomic mass is 16.6. The molecule has 0 saturated heterocycles. The van der Waals surface area contributed by atoms with Gasteiger partial charge in [0.1, 0.15) is 5.57 Å². The molecule has 0 aromatic heterocycles. The molecule has 4 aromatic carbocycles. The molecule has 4 heteroatoms. The van der Waals surface area contributed by atoms with Crippen molar-refractivity contribution in [1.29, 1.82) is 0 Å². The number of benzene rings is 4. The first kappa shape index (κ1) is 28.4. The van der Waals surface area contributed by atoms with Crippen molar-refractivity contribution in [1.82, 2.24) is 0 Å². The largest absolute Gasteiger partial charge is 0.441 e. The Kier molecular flexibility index (Phi) is 7.39. The summed E-state index contributed by atoms with van der Waals surface area (Å²) in [6, 6.07) is 33.3. The molecule has 43 heavy (non-hydrogen) atoms. The smallest absolute Gasteiger partial charge is 0.345 e. The van der Waals surface area contributed by atoms with Crippen molar-refractivity contribution in [3.05, 3.63) is 158 Å². The van der Waals surface area contributed by atoms with Gasteiger partial charge in [-0.2, -0.15) is 0 Å². The Bertz CT molecular complexity index is 1660. The predicted molar refractivity (Wildman–Crippen MR) is 171 cm³/mol. The molecule has 1 amide bonds. The molecule has 0 radical (unpaired) electrons. The number of nitrogens with two attached hydrogens (primary N) is 1. The van der Waals surface area contributed by atoms with Crippen molar-refractivity contribution in [2.75, 3.05) is 0 Å². The van der Waals surface area contributed by atoms with Crippen LogP contribution < -0.4 is 5.73 Å². The highest BCUT2D eigenvalue weighted by Crippen LogP contribution is 2.55. The van der Waals surface area contributed by atoms with Gasteiger partial charge < -0.3 is 10.5 Å². The standard InChI is InChI=1S/C39H37NO3/c1-24-8-16-28(17-9-24)34(29-18-10-25(2)11-19-29)32-6-5-7-33(32)36-35(37(40)41)38(42)43-39(36,30-20-12-26(3)13-21-30)31-22-14-27(4)15-23-31/h8-23,33H,5-7H2,1-4H3,(H2,40,41). The fourth-order valence-electron chi connectivity index (χ4n) is 6.80. The number of hydrogen-bond donors (Lipinski definition) is 1. The number of primary amides is 1. The van der Waals surface area contributed by atoms with Gasteiger partial charge in [0.15, 0.2) is 5.60 Å². The van der Waals surface area contributed by atoms with E-state index in [0.29, 0.717) is 5.57 Å². The Balaban J connectivity index is 1.68. The number of rotatable bonds is 6. The number of carbonyl (C=O) groups excluding carboxylic acids is 2. The second kappa shape index (κ2) is 11.2. The minimum Gasteiger partial charge on any atom is -0.441 e. The number of cyclic esters (lactones) is 1. The zero-order valence-electron chi connectivity index (χ0n) is 25.2. The van der Waals surface area contributed by atoms with Crippen LogP contribution in [-0.4, -0.2) is 11.9 Å². The number of carbonyl (C=O) groups is 2. The molecule has 0 spiro atoms.